The zero-order valence-corrected chi connectivity index (χ0v) is 8.69. The minimum Gasteiger partial charge on any atom is -0.494 e. The molecule has 0 aromatic heterocycles. The Morgan fingerprint density at radius 1 is 1.27 bits per heavy atom. The number of hydrogen-bond acceptors (Lipinski definition) is 1. The van der Waals surface area contributed by atoms with Crippen molar-refractivity contribution in [2.75, 3.05) is 6.61 Å². The lowest BCUT2D eigenvalue weighted by Crippen LogP contribution is -2.08. The molecule has 0 bridgehead atoms. The topological polar surface area (TPSA) is 9.23 Å². The van der Waals surface area contributed by atoms with Crippen molar-refractivity contribution in [2.45, 2.75) is 26.4 Å². The van der Waals surface area contributed by atoms with Crippen LogP contribution in [-0.2, 0) is 6.18 Å². The Labute approximate surface area is 86.9 Å². The SMILES string of the molecule is CCCOc1ccc(C)c(C(F)(F)F)c1. The van der Waals surface area contributed by atoms with Gasteiger partial charge >= 0.3 is 6.18 Å². The Bertz CT molecular complexity index is 331. The Morgan fingerprint density at radius 2 is 1.93 bits per heavy atom. The second-order valence-corrected chi connectivity index (χ2v) is 3.32. The zero-order chi connectivity index (χ0) is 11.5. The number of aryl methyl sites for hydroxylation is 1. The monoisotopic (exact) mass is 218 g/mol. The molecule has 0 spiro atoms. The molecule has 0 unspecified atom stereocenters. The van der Waals surface area contributed by atoms with Crippen molar-refractivity contribution in [3.63, 3.8) is 0 Å². The average molecular weight is 218 g/mol. The van der Waals surface area contributed by atoms with Gasteiger partial charge in [-0.3, -0.25) is 0 Å². The lowest BCUT2D eigenvalue weighted by molar-refractivity contribution is -0.138. The predicted molar refractivity (Wildman–Crippen MR) is 52.0 cm³/mol. The Balaban J connectivity index is 2.95. The summed E-state index contributed by atoms with van der Waals surface area (Å²) in [5.41, 5.74) is -0.414. The fraction of sp³-hybridized carbons (Fsp3) is 0.455. The quantitative estimate of drug-likeness (QED) is 0.749. The fourth-order valence-electron chi connectivity index (χ4n) is 1.22. The van der Waals surface area contributed by atoms with E-state index in [0.717, 1.165) is 12.5 Å². The van der Waals surface area contributed by atoms with E-state index in [2.05, 4.69) is 0 Å². The van der Waals surface area contributed by atoms with Crippen LogP contribution in [0.15, 0.2) is 18.2 Å². The molecule has 0 fully saturated rings. The maximum absolute atomic E-state index is 12.5. The highest BCUT2D eigenvalue weighted by molar-refractivity contribution is 5.36. The van der Waals surface area contributed by atoms with E-state index >= 15 is 0 Å². The van der Waals surface area contributed by atoms with Crippen LogP contribution in [-0.4, -0.2) is 6.61 Å². The van der Waals surface area contributed by atoms with Crippen LogP contribution >= 0.6 is 0 Å². The van der Waals surface area contributed by atoms with Crippen molar-refractivity contribution in [2.24, 2.45) is 0 Å². The van der Waals surface area contributed by atoms with Gasteiger partial charge in [-0.2, -0.15) is 13.2 Å². The summed E-state index contributed by atoms with van der Waals surface area (Å²) >= 11 is 0. The van der Waals surface area contributed by atoms with Gasteiger partial charge in [0.15, 0.2) is 0 Å². The van der Waals surface area contributed by atoms with Crippen LogP contribution in [0.4, 0.5) is 13.2 Å². The molecular weight excluding hydrogens is 205 g/mol. The summed E-state index contributed by atoms with van der Waals surface area (Å²) in [4.78, 5) is 0. The van der Waals surface area contributed by atoms with E-state index < -0.39 is 11.7 Å². The van der Waals surface area contributed by atoms with Gasteiger partial charge in [-0.1, -0.05) is 13.0 Å². The standard InChI is InChI=1S/C11H13F3O/c1-3-6-15-9-5-4-8(2)10(7-9)11(12,13)14/h4-5,7H,3,6H2,1-2H3. The number of hydrogen-bond donors (Lipinski definition) is 0. The molecule has 0 amide bonds. The summed E-state index contributed by atoms with van der Waals surface area (Å²) in [6.07, 6.45) is -3.54. The molecule has 0 atom stereocenters. The number of benzene rings is 1. The van der Waals surface area contributed by atoms with Crippen LogP contribution < -0.4 is 4.74 Å². The number of halogens is 3. The van der Waals surface area contributed by atoms with Gasteiger partial charge in [0.25, 0.3) is 0 Å². The molecule has 1 aromatic carbocycles. The largest absolute Gasteiger partial charge is 0.494 e. The first-order valence-corrected chi connectivity index (χ1v) is 4.75. The molecule has 0 N–H and O–H groups in total. The van der Waals surface area contributed by atoms with Crippen LogP contribution in [0.2, 0.25) is 0 Å². The van der Waals surface area contributed by atoms with Crippen molar-refractivity contribution >= 4 is 0 Å². The first-order valence-electron chi connectivity index (χ1n) is 4.75. The number of ether oxygens (including phenoxy) is 1. The molecular formula is C11H13F3O. The first-order chi connectivity index (χ1) is 6.95. The third-order valence-electron chi connectivity index (χ3n) is 1.99. The molecule has 0 aliphatic rings. The highest BCUT2D eigenvalue weighted by atomic mass is 19.4. The van der Waals surface area contributed by atoms with E-state index in [9.17, 15) is 13.2 Å². The van der Waals surface area contributed by atoms with E-state index in [4.69, 9.17) is 4.74 Å². The molecule has 1 nitrogen and oxygen atoms in total. The van der Waals surface area contributed by atoms with Gasteiger partial charge < -0.3 is 4.74 Å². The Hall–Kier alpha value is -1.19. The summed E-state index contributed by atoms with van der Waals surface area (Å²) in [7, 11) is 0. The molecule has 4 heteroatoms. The molecule has 0 saturated heterocycles. The predicted octanol–water partition coefficient (Wildman–Crippen LogP) is 3.80. The van der Waals surface area contributed by atoms with Crippen LogP contribution in [0.3, 0.4) is 0 Å². The van der Waals surface area contributed by atoms with Gasteiger partial charge in [0, 0.05) is 0 Å². The summed E-state index contributed by atoms with van der Waals surface area (Å²) in [6, 6.07) is 4.03. The fourth-order valence-corrected chi connectivity index (χ4v) is 1.22. The van der Waals surface area contributed by atoms with E-state index in [1.165, 1.54) is 13.0 Å². The van der Waals surface area contributed by atoms with Crippen molar-refractivity contribution in [1.29, 1.82) is 0 Å². The lowest BCUT2D eigenvalue weighted by Gasteiger charge is -2.12. The Morgan fingerprint density at radius 3 is 2.47 bits per heavy atom. The number of rotatable bonds is 3. The van der Waals surface area contributed by atoms with Crippen molar-refractivity contribution < 1.29 is 17.9 Å². The van der Waals surface area contributed by atoms with Crippen LogP contribution in [0.1, 0.15) is 24.5 Å². The summed E-state index contributed by atoms with van der Waals surface area (Å²) in [5, 5.41) is 0. The van der Waals surface area contributed by atoms with E-state index in [1.807, 2.05) is 6.92 Å². The molecule has 84 valence electrons. The van der Waals surface area contributed by atoms with Gasteiger partial charge in [0.05, 0.1) is 12.2 Å². The molecule has 0 radical (unpaired) electrons. The van der Waals surface area contributed by atoms with Gasteiger partial charge in [-0.15, -0.1) is 0 Å². The van der Waals surface area contributed by atoms with Crippen LogP contribution in [0.25, 0.3) is 0 Å². The smallest absolute Gasteiger partial charge is 0.416 e. The summed E-state index contributed by atoms with van der Waals surface area (Å²) in [6.45, 7) is 3.77. The van der Waals surface area contributed by atoms with E-state index in [1.54, 1.807) is 6.07 Å². The number of alkyl halides is 3. The van der Waals surface area contributed by atoms with Crippen LogP contribution in [0.5, 0.6) is 5.75 Å². The van der Waals surface area contributed by atoms with E-state index in [-0.39, 0.29) is 11.3 Å². The van der Waals surface area contributed by atoms with Gasteiger partial charge in [-0.05, 0) is 31.0 Å². The normalized spacial score (nSPS) is 11.5. The molecule has 15 heavy (non-hydrogen) atoms. The highest BCUT2D eigenvalue weighted by Crippen LogP contribution is 2.33. The maximum Gasteiger partial charge on any atom is 0.416 e. The maximum atomic E-state index is 12.5. The van der Waals surface area contributed by atoms with Gasteiger partial charge in [0.1, 0.15) is 5.75 Å². The third-order valence-corrected chi connectivity index (χ3v) is 1.99. The highest BCUT2D eigenvalue weighted by Gasteiger charge is 2.32. The first kappa shape index (κ1) is 11.9. The molecule has 0 aliphatic heterocycles. The van der Waals surface area contributed by atoms with Crippen molar-refractivity contribution in [1.82, 2.24) is 0 Å². The molecule has 0 saturated carbocycles. The molecule has 0 aliphatic carbocycles. The van der Waals surface area contributed by atoms with Crippen molar-refractivity contribution in [3.8, 4) is 5.75 Å². The summed E-state index contributed by atoms with van der Waals surface area (Å²) < 4.78 is 42.6. The van der Waals surface area contributed by atoms with Gasteiger partial charge in [-0.25, -0.2) is 0 Å². The van der Waals surface area contributed by atoms with Crippen LogP contribution in [0, 0.1) is 6.92 Å². The lowest BCUT2D eigenvalue weighted by atomic mass is 10.1. The Kier molecular flexibility index (Phi) is 3.61. The second-order valence-electron chi connectivity index (χ2n) is 3.32. The minimum absolute atomic E-state index is 0.214. The zero-order valence-electron chi connectivity index (χ0n) is 8.69. The molecule has 1 aromatic rings. The average Bonchev–Trinajstić information content (AvgIpc) is 2.15. The van der Waals surface area contributed by atoms with Gasteiger partial charge in [0.2, 0.25) is 0 Å². The molecule has 1 rings (SSSR count). The second kappa shape index (κ2) is 4.55. The summed E-state index contributed by atoms with van der Waals surface area (Å²) in [5.74, 6) is 0.273. The third kappa shape index (κ3) is 3.15. The van der Waals surface area contributed by atoms with E-state index in [0.29, 0.717) is 6.61 Å². The molecule has 0 heterocycles. The minimum atomic E-state index is -4.31. The van der Waals surface area contributed by atoms with Crippen molar-refractivity contribution in [3.05, 3.63) is 29.3 Å².